The number of hydrogen-bond acceptors (Lipinski definition) is 5. The summed E-state index contributed by atoms with van der Waals surface area (Å²) in [5.41, 5.74) is 0. The molecular weight excluding hydrogens is 256 g/mol. The van der Waals surface area contributed by atoms with E-state index in [-0.39, 0.29) is 17.1 Å². The first-order valence-electron chi connectivity index (χ1n) is 5.96. The highest BCUT2D eigenvalue weighted by Crippen LogP contribution is 2.27. The van der Waals surface area contributed by atoms with E-state index in [1.165, 1.54) is 0 Å². The maximum atomic E-state index is 11.5. The molecule has 7 nitrogen and oxygen atoms in total. The average Bonchev–Trinajstić information content (AvgIpc) is 2.74. The molecule has 0 aliphatic carbocycles. The van der Waals surface area contributed by atoms with Crippen LogP contribution in [0.4, 0.5) is 0 Å². The standard InChI is InChI=1S/C10H18N4O3S/c1-7(2)14-9(8-4-3-5-17-6-8)12-13-10(14)18(11,15)16/h7-8H,3-6H2,1-2H3,(H2,11,15,16). The summed E-state index contributed by atoms with van der Waals surface area (Å²) in [5, 5.41) is 12.7. The number of primary sulfonamides is 1. The molecule has 1 fully saturated rings. The molecule has 0 bridgehead atoms. The fourth-order valence-corrected chi connectivity index (χ4v) is 2.92. The first kappa shape index (κ1) is 13.4. The lowest BCUT2D eigenvalue weighted by molar-refractivity contribution is 0.0764. The van der Waals surface area contributed by atoms with Crippen molar-refractivity contribution >= 4 is 10.0 Å². The van der Waals surface area contributed by atoms with Crippen molar-refractivity contribution in [2.24, 2.45) is 5.14 Å². The van der Waals surface area contributed by atoms with Gasteiger partial charge < -0.3 is 4.74 Å². The fraction of sp³-hybridized carbons (Fsp3) is 0.800. The van der Waals surface area contributed by atoms with E-state index in [0.717, 1.165) is 19.4 Å². The molecule has 1 atom stereocenters. The molecule has 2 heterocycles. The predicted molar refractivity (Wildman–Crippen MR) is 64.6 cm³/mol. The number of nitrogens with two attached hydrogens (primary N) is 1. The lowest BCUT2D eigenvalue weighted by Gasteiger charge is -2.23. The SMILES string of the molecule is CC(C)n1c(C2CCCOC2)nnc1S(N)(=O)=O. The van der Waals surface area contributed by atoms with Crippen molar-refractivity contribution in [1.82, 2.24) is 14.8 Å². The molecule has 18 heavy (non-hydrogen) atoms. The first-order valence-corrected chi connectivity index (χ1v) is 7.51. The van der Waals surface area contributed by atoms with Gasteiger partial charge in [0.05, 0.1) is 6.61 Å². The highest BCUT2D eigenvalue weighted by atomic mass is 32.2. The molecule has 1 saturated heterocycles. The number of nitrogens with zero attached hydrogens (tertiary/aromatic N) is 3. The zero-order valence-electron chi connectivity index (χ0n) is 10.5. The van der Waals surface area contributed by atoms with E-state index in [1.807, 2.05) is 13.8 Å². The summed E-state index contributed by atoms with van der Waals surface area (Å²) < 4.78 is 30.0. The molecule has 2 N–H and O–H groups in total. The molecule has 1 unspecified atom stereocenters. The normalized spacial score (nSPS) is 21.4. The summed E-state index contributed by atoms with van der Waals surface area (Å²) in [7, 11) is -3.85. The van der Waals surface area contributed by atoms with Gasteiger partial charge in [-0.1, -0.05) is 0 Å². The minimum atomic E-state index is -3.85. The third kappa shape index (κ3) is 2.55. The van der Waals surface area contributed by atoms with Crippen molar-refractivity contribution in [2.45, 2.75) is 43.8 Å². The van der Waals surface area contributed by atoms with Gasteiger partial charge in [-0.25, -0.2) is 13.6 Å². The van der Waals surface area contributed by atoms with Gasteiger partial charge >= 0.3 is 0 Å². The van der Waals surface area contributed by atoms with Crippen LogP contribution in [0.2, 0.25) is 0 Å². The molecule has 102 valence electrons. The highest BCUT2D eigenvalue weighted by molar-refractivity contribution is 7.89. The number of hydrogen-bond donors (Lipinski definition) is 1. The van der Waals surface area contributed by atoms with Crippen LogP contribution in [0, 0.1) is 0 Å². The Labute approximate surface area is 106 Å². The Morgan fingerprint density at radius 3 is 2.67 bits per heavy atom. The number of rotatable bonds is 3. The van der Waals surface area contributed by atoms with Gasteiger partial charge in [0.2, 0.25) is 0 Å². The zero-order valence-corrected chi connectivity index (χ0v) is 11.4. The molecule has 0 spiro atoms. The lowest BCUT2D eigenvalue weighted by Crippen LogP contribution is -2.24. The van der Waals surface area contributed by atoms with Crippen LogP contribution in [0.3, 0.4) is 0 Å². The molecule has 0 saturated carbocycles. The second-order valence-corrected chi connectivity index (χ2v) is 6.22. The van der Waals surface area contributed by atoms with Crippen molar-refractivity contribution in [3.05, 3.63) is 5.82 Å². The van der Waals surface area contributed by atoms with E-state index < -0.39 is 10.0 Å². The van der Waals surface area contributed by atoms with E-state index in [9.17, 15) is 8.42 Å². The third-order valence-corrected chi connectivity index (χ3v) is 3.77. The average molecular weight is 274 g/mol. The summed E-state index contributed by atoms with van der Waals surface area (Å²) in [6.07, 6.45) is 1.87. The summed E-state index contributed by atoms with van der Waals surface area (Å²) >= 11 is 0. The molecule has 0 amide bonds. The van der Waals surface area contributed by atoms with Gasteiger partial charge in [-0.2, -0.15) is 0 Å². The molecule has 0 aromatic carbocycles. The van der Waals surface area contributed by atoms with E-state index in [2.05, 4.69) is 10.2 Å². The Bertz CT molecular complexity index is 517. The lowest BCUT2D eigenvalue weighted by atomic mass is 10.0. The molecule has 1 aromatic heterocycles. The first-order chi connectivity index (χ1) is 8.41. The van der Waals surface area contributed by atoms with Crippen LogP contribution in [-0.4, -0.2) is 36.4 Å². The monoisotopic (exact) mass is 274 g/mol. The number of sulfonamides is 1. The third-order valence-electron chi connectivity index (χ3n) is 2.99. The smallest absolute Gasteiger partial charge is 0.273 e. The van der Waals surface area contributed by atoms with Gasteiger partial charge in [-0.05, 0) is 26.7 Å². The predicted octanol–water partition coefficient (Wildman–Crippen LogP) is 0.400. The van der Waals surface area contributed by atoms with Crippen LogP contribution < -0.4 is 5.14 Å². The van der Waals surface area contributed by atoms with Gasteiger partial charge in [-0.15, -0.1) is 10.2 Å². The molecule has 2 rings (SSSR count). The van der Waals surface area contributed by atoms with Crippen molar-refractivity contribution < 1.29 is 13.2 Å². The van der Waals surface area contributed by atoms with Gasteiger partial charge in [0.15, 0.2) is 0 Å². The number of aromatic nitrogens is 3. The largest absolute Gasteiger partial charge is 0.381 e. The minimum absolute atomic E-state index is 0.0646. The zero-order chi connectivity index (χ0) is 13.3. The Kier molecular flexibility index (Phi) is 3.69. The van der Waals surface area contributed by atoms with E-state index in [0.29, 0.717) is 12.4 Å². The summed E-state index contributed by atoms with van der Waals surface area (Å²) in [4.78, 5) is 0. The molecule has 8 heteroatoms. The van der Waals surface area contributed by atoms with Crippen LogP contribution in [-0.2, 0) is 14.8 Å². The van der Waals surface area contributed by atoms with Gasteiger partial charge in [0.1, 0.15) is 5.82 Å². The number of ether oxygens (including phenoxy) is 1. The quantitative estimate of drug-likeness (QED) is 0.860. The summed E-state index contributed by atoms with van der Waals surface area (Å²) in [6, 6.07) is -0.0646. The van der Waals surface area contributed by atoms with Gasteiger partial charge in [0.25, 0.3) is 15.2 Å². The van der Waals surface area contributed by atoms with E-state index in [4.69, 9.17) is 9.88 Å². The van der Waals surface area contributed by atoms with Crippen LogP contribution in [0.25, 0.3) is 0 Å². The summed E-state index contributed by atoms with van der Waals surface area (Å²) in [6.45, 7) is 5.06. The van der Waals surface area contributed by atoms with Crippen LogP contribution >= 0.6 is 0 Å². The van der Waals surface area contributed by atoms with E-state index in [1.54, 1.807) is 4.57 Å². The maximum absolute atomic E-state index is 11.5. The van der Waals surface area contributed by atoms with Crippen molar-refractivity contribution in [2.75, 3.05) is 13.2 Å². The fourth-order valence-electron chi connectivity index (χ4n) is 2.19. The van der Waals surface area contributed by atoms with Crippen molar-refractivity contribution in [1.29, 1.82) is 0 Å². The van der Waals surface area contributed by atoms with E-state index >= 15 is 0 Å². The molecule has 0 radical (unpaired) electrons. The topological polar surface area (TPSA) is 100 Å². The maximum Gasteiger partial charge on any atom is 0.273 e. The van der Waals surface area contributed by atoms with Crippen molar-refractivity contribution in [3.63, 3.8) is 0 Å². The second kappa shape index (κ2) is 4.94. The Hall–Kier alpha value is -0.990. The molecule has 1 aliphatic rings. The van der Waals surface area contributed by atoms with Crippen LogP contribution in [0.5, 0.6) is 0 Å². The summed E-state index contributed by atoms with van der Waals surface area (Å²) in [5.74, 6) is 0.734. The molecular formula is C10H18N4O3S. The molecule has 1 aliphatic heterocycles. The Morgan fingerprint density at radius 1 is 1.44 bits per heavy atom. The van der Waals surface area contributed by atoms with Crippen LogP contribution in [0.1, 0.15) is 44.5 Å². The van der Waals surface area contributed by atoms with Crippen molar-refractivity contribution in [3.8, 4) is 0 Å². The molecule has 1 aromatic rings. The highest BCUT2D eigenvalue weighted by Gasteiger charge is 2.28. The second-order valence-electron chi connectivity index (χ2n) is 4.76. The van der Waals surface area contributed by atoms with Gasteiger partial charge in [-0.3, -0.25) is 4.57 Å². The van der Waals surface area contributed by atoms with Gasteiger partial charge in [0, 0.05) is 18.6 Å². The Morgan fingerprint density at radius 2 is 2.17 bits per heavy atom. The Balaban J connectivity index is 2.45. The van der Waals surface area contributed by atoms with Crippen LogP contribution in [0.15, 0.2) is 5.16 Å². The minimum Gasteiger partial charge on any atom is -0.381 e.